The summed E-state index contributed by atoms with van der Waals surface area (Å²) in [7, 11) is 3.55. The lowest BCUT2D eigenvalue weighted by atomic mass is 9.53. The number of likely N-dealkylation sites (N-methyl/N-ethyl adjacent to an activating group) is 1. The van der Waals surface area contributed by atoms with Gasteiger partial charge in [-0.3, -0.25) is 39.1 Å². The Morgan fingerprint density at radius 2 is 1.55 bits per heavy atom. The van der Waals surface area contributed by atoms with E-state index in [0.717, 1.165) is 99.4 Å². The normalized spacial score (nSPS) is 20.2. The number of nitrogens with one attached hydrogen (secondary N) is 1. The quantitative estimate of drug-likeness (QED) is 0.144. The number of fused-ring (bicyclic) bond motifs is 1. The number of piperidine rings is 2. The molecule has 338 valence electrons. The number of aryl methyl sites for hydroxylation is 1. The summed E-state index contributed by atoms with van der Waals surface area (Å²) in [6.07, 6.45) is 5.15. The van der Waals surface area contributed by atoms with E-state index in [-0.39, 0.29) is 40.3 Å². The maximum absolute atomic E-state index is 12.3. The number of aldehydes is 1. The lowest BCUT2D eigenvalue weighted by Gasteiger charge is -2.56. The smallest absolute Gasteiger partial charge is 0.250 e. The van der Waals surface area contributed by atoms with Crippen molar-refractivity contribution in [3.63, 3.8) is 0 Å². The Kier molecular flexibility index (Phi) is 13.6. The van der Waals surface area contributed by atoms with Crippen LogP contribution in [0.1, 0.15) is 91.6 Å². The van der Waals surface area contributed by atoms with Gasteiger partial charge < -0.3 is 24.8 Å². The van der Waals surface area contributed by atoms with Gasteiger partial charge in [-0.05, 0) is 105 Å². The van der Waals surface area contributed by atoms with Crippen molar-refractivity contribution in [2.45, 2.75) is 78.5 Å². The lowest BCUT2D eigenvalue weighted by Crippen LogP contribution is -2.58. The number of nitrogens with two attached hydrogens (primary N) is 1. The molecule has 0 spiro atoms. The van der Waals surface area contributed by atoms with E-state index in [1.165, 1.54) is 10.6 Å². The molecule has 8 rings (SSSR count). The summed E-state index contributed by atoms with van der Waals surface area (Å²) < 4.78 is 7.88. The summed E-state index contributed by atoms with van der Waals surface area (Å²) in [4.78, 5) is 68.1. The van der Waals surface area contributed by atoms with Crippen LogP contribution >= 0.6 is 0 Å². The first-order valence-corrected chi connectivity index (χ1v) is 22.4. The summed E-state index contributed by atoms with van der Waals surface area (Å²) in [6.45, 7) is 16.3. The Bertz CT molecular complexity index is 2480. The average Bonchev–Trinajstić information content (AvgIpc) is 3.27. The van der Waals surface area contributed by atoms with Gasteiger partial charge in [0.2, 0.25) is 17.7 Å². The molecule has 1 aromatic heterocycles. The average molecular weight is 871 g/mol. The zero-order valence-electron chi connectivity index (χ0n) is 38.1. The number of rotatable bonds is 11. The second kappa shape index (κ2) is 19.0. The monoisotopic (exact) mass is 870 g/mol. The molecule has 4 aliphatic rings. The molecule has 3 aliphatic heterocycles. The number of amides is 3. The summed E-state index contributed by atoms with van der Waals surface area (Å²) in [6, 6.07) is 22.2. The highest BCUT2D eigenvalue weighted by Gasteiger charge is 2.55. The standard InChI is InChI=1S/C31H40N6O4.C19H22N2O2/c1-34(28-8-9-29(39)33-31(28)41)20-25-18-27(7-4-24(25)21-38)36-12-10-22(11-13-36)19-35-14-16-37(17-15-35)26-5-2-23(3-6-26)30(32)40;1-18(2)11-19(3,4)17(18)23-14-8-6-12(10-20)16-13(14)7-9-15(22)21(16)5/h2-7,18,21-22,28H,8-17,19-20H2,1H3,(H2,32,40)(H,33,39,41);6-9,17H,11H2,1-5H3. The van der Waals surface area contributed by atoms with Crippen molar-refractivity contribution in [3.8, 4) is 11.8 Å². The Balaban J connectivity index is 0.000000225. The molecule has 3 N–H and O–H groups in total. The number of piperazine rings is 1. The van der Waals surface area contributed by atoms with E-state index in [4.69, 9.17) is 10.5 Å². The summed E-state index contributed by atoms with van der Waals surface area (Å²) in [5.74, 6) is 0.494. The van der Waals surface area contributed by atoms with Gasteiger partial charge in [-0.15, -0.1) is 0 Å². The molecule has 64 heavy (non-hydrogen) atoms. The molecule has 14 nitrogen and oxygen atoms in total. The summed E-state index contributed by atoms with van der Waals surface area (Å²) >= 11 is 0. The van der Waals surface area contributed by atoms with Crippen LogP contribution in [0, 0.1) is 28.1 Å². The molecule has 1 unspecified atom stereocenters. The molecule has 3 saturated heterocycles. The van der Waals surface area contributed by atoms with Gasteiger partial charge >= 0.3 is 0 Å². The van der Waals surface area contributed by atoms with Gasteiger partial charge in [-0.25, -0.2) is 0 Å². The zero-order valence-corrected chi connectivity index (χ0v) is 38.1. The first-order chi connectivity index (χ1) is 30.5. The number of hydrogen-bond donors (Lipinski definition) is 2. The largest absolute Gasteiger partial charge is 0.489 e. The zero-order chi connectivity index (χ0) is 45.9. The number of aromatic nitrogens is 1. The molecule has 3 aromatic carbocycles. The van der Waals surface area contributed by atoms with Crippen LogP contribution in [0.3, 0.4) is 0 Å². The Morgan fingerprint density at radius 1 is 0.891 bits per heavy atom. The van der Waals surface area contributed by atoms with Crippen LogP contribution in [0.2, 0.25) is 0 Å². The van der Waals surface area contributed by atoms with E-state index >= 15 is 0 Å². The van der Waals surface area contributed by atoms with E-state index in [9.17, 15) is 29.2 Å². The number of carbonyl (C=O) groups is 4. The molecule has 4 heterocycles. The minimum absolute atomic E-state index is 0.100. The van der Waals surface area contributed by atoms with Crippen molar-refractivity contribution < 1.29 is 23.9 Å². The lowest BCUT2D eigenvalue weighted by molar-refractivity contribution is -0.137. The molecule has 0 radical (unpaired) electrons. The fourth-order valence-corrected chi connectivity index (χ4v) is 10.7. The number of benzene rings is 3. The van der Waals surface area contributed by atoms with Crippen LogP contribution in [-0.4, -0.2) is 103 Å². The van der Waals surface area contributed by atoms with Crippen LogP contribution in [0.5, 0.6) is 5.75 Å². The minimum Gasteiger partial charge on any atom is -0.489 e. The van der Waals surface area contributed by atoms with Crippen molar-refractivity contribution in [2.75, 3.05) is 62.7 Å². The topological polar surface area (TPSA) is 174 Å². The highest BCUT2D eigenvalue weighted by atomic mass is 16.5. The van der Waals surface area contributed by atoms with Crippen molar-refractivity contribution in [3.05, 3.63) is 99.3 Å². The van der Waals surface area contributed by atoms with Crippen molar-refractivity contribution >= 4 is 46.3 Å². The molecular weight excluding hydrogens is 809 g/mol. The van der Waals surface area contributed by atoms with E-state index in [2.05, 4.69) is 59.8 Å². The van der Waals surface area contributed by atoms with E-state index < -0.39 is 5.91 Å². The molecule has 0 bridgehead atoms. The third-order valence-corrected chi connectivity index (χ3v) is 13.7. The number of nitrogens with zero attached hydrogens (tertiary/aromatic N) is 6. The minimum atomic E-state index is -0.400. The fourth-order valence-electron chi connectivity index (χ4n) is 10.7. The van der Waals surface area contributed by atoms with Crippen LogP contribution in [0.4, 0.5) is 11.4 Å². The van der Waals surface area contributed by atoms with Crippen LogP contribution in [0.15, 0.2) is 71.5 Å². The fraction of sp³-hybridized carbons (Fsp3) is 0.480. The molecular formula is C50H62N8O6. The van der Waals surface area contributed by atoms with Gasteiger partial charge in [0.25, 0.3) is 5.56 Å². The number of pyridine rings is 1. The Morgan fingerprint density at radius 3 is 2.16 bits per heavy atom. The maximum atomic E-state index is 12.3. The van der Waals surface area contributed by atoms with E-state index in [1.54, 1.807) is 31.3 Å². The predicted molar refractivity (Wildman–Crippen MR) is 249 cm³/mol. The first kappa shape index (κ1) is 46.0. The van der Waals surface area contributed by atoms with Gasteiger partial charge in [-0.2, -0.15) is 5.26 Å². The highest BCUT2D eigenvalue weighted by Crippen LogP contribution is 2.55. The molecule has 1 atom stereocenters. The van der Waals surface area contributed by atoms with Gasteiger partial charge in [0.1, 0.15) is 24.2 Å². The maximum Gasteiger partial charge on any atom is 0.250 e. The van der Waals surface area contributed by atoms with Gasteiger partial charge in [-0.1, -0.05) is 27.7 Å². The molecule has 4 fully saturated rings. The van der Waals surface area contributed by atoms with Crippen LogP contribution in [-0.2, 0) is 23.2 Å². The number of imide groups is 1. The van der Waals surface area contributed by atoms with Crippen molar-refractivity contribution in [1.29, 1.82) is 5.26 Å². The highest BCUT2D eigenvalue weighted by molar-refractivity contribution is 6.00. The van der Waals surface area contributed by atoms with Crippen LogP contribution < -0.4 is 31.1 Å². The third kappa shape index (κ3) is 10.0. The second-order valence-electron chi connectivity index (χ2n) is 19.4. The second-order valence-corrected chi connectivity index (χ2v) is 19.4. The summed E-state index contributed by atoms with van der Waals surface area (Å²) in [5.41, 5.74) is 10.9. The summed E-state index contributed by atoms with van der Waals surface area (Å²) in [5, 5.41) is 12.6. The number of ether oxygens (including phenoxy) is 1. The molecule has 3 amide bonds. The molecule has 4 aromatic rings. The van der Waals surface area contributed by atoms with Gasteiger partial charge in [0.15, 0.2) is 0 Å². The van der Waals surface area contributed by atoms with E-state index in [0.29, 0.717) is 47.5 Å². The third-order valence-electron chi connectivity index (χ3n) is 13.7. The Hall–Kier alpha value is -6.04. The van der Waals surface area contributed by atoms with Gasteiger partial charge in [0.05, 0.1) is 17.1 Å². The van der Waals surface area contributed by atoms with Gasteiger partial charge in [0, 0.05) is 111 Å². The predicted octanol–water partition coefficient (Wildman–Crippen LogP) is 5.49. The SMILES string of the molecule is CN(Cc1cc(N2CCC(CN3CCN(c4ccc(C(N)=O)cc4)CC3)CC2)ccc1C=O)C1CCC(=O)NC1=O.Cn1c(=O)ccc2c(OC3C(C)(C)CC3(C)C)ccc(C#N)c21. The molecule has 14 heteroatoms. The number of nitriles is 1. The Labute approximate surface area is 375 Å². The number of anilines is 2. The van der Waals surface area contributed by atoms with Crippen molar-refractivity contribution in [1.82, 2.24) is 19.7 Å². The number of primary amides is 1. The van der Waals surface area contributed by atoms with Crippen molar-refractivity contribution in [2.24, 2.45) is 29.5 Å². The number of hydrogen-bond acceptors (Lipinski definition) is 11. The number of carbonyl (C=O) groups excluding carboxylic acids is 4. The van der Waals surface area contributed by atoms with E-state index in [1.807, 2.05) is 42.3 Å². The molecule has 1 aliphatic carbocycles. The first-order valence-electron chi connectivity index (χ1n) is 22.4. The van der Waals surface area contributed by atoms with Crippen LogP contribution in [0.25, 0.3) is 10.9 Å². The molecule has 1 saturated carbocycles.